The minimum absolute atomic E-state index is 0.0145. The number of nitrogens with zero attached hydrogens (tertiary/aromatic N) is 2. The summed E-state index contributed by atoms with van der Waals surface area (Å²) in [4.78, 5) is 14.2. The second kappa shape index (κ2) is 5.97. The van der Waals surface area contributed by atoms with E-state index < -0.39 is 4.92 Å². The number of aliphatic hydroxyl groups is 1. The highest BCUT2D eigenvalue weighted by Crippen LogP contribution is 2.28. The van der Waals surface area contributed by atoms with Gasteiger partial charge in [-0.3, -0.25) is 10.1 Å². The van der Waals surface area contributed by atoms with Crippen LogP contribution in [0.15, 0.2) is 12.3 Å². The highest BCUT2D eigenvalue weighted by atomic mass is 16.6. The number of pyridine rings is 1. The van der Waals surface area contributed by atoms with Crippen molar-refractivity contribution in [1.82, 2.24) is 4.98 Å². The Morgan fingerprint density at radius 3 is 2.84 bits per heavy atom. The molecule has 1 atom stereocenters. The number of nitrogens with one attached hydrogen (secondary N) is 1. The van der Waals surface area contributed by atoms with Crippen molar-refractivity contribution >= 4 is 11.5 Å². The molecule has 1 fully saturated rings. The predicted octanol–water partition coefficient (Wildman–Crippen LogP) is 2.26. The summed E-state index contributed by atoms with van der Waals surface area (Å²) in [5.41, 5.74) is 0.701. The molecule has 6 nitrogen and oxygen atoms in total. The summed E-state index contributed by atoms with van der Waals surface area (Å²) < 4.78 is 0. The molecule has 1 aromatic rings. The van der Waals surface area contributed by atoms with Gasteiger partial charge in [-0.05, 0) is 31.2 Å². The molecule has 0 bridgehead atoms. The summed E-state index contributed by atoms with van der Waals surface area (Å²) in [7, 11) is 0. The molecule has 1 aliphatic carbocycles. The Morgan fingerprint density at radius 1 is 1.58 bits per heavy atom. The van der Waals surface area contributed by atoms with Gasteiger partial charge in [0.25, 0.3) is 5.69 Å². The summed E-state index contributed by atoms with van der Waals surface area (Å²) in [5.74, 6) is 0.966. The second-order valence-corrected chi connectivity index (χ2v) is 5.11. The standard InChI is InChI=1S/C13H19N3O3/c1-9-6-11(16(18)19)7-14-13(9)15-8-12(17)10-4-2-3-5-10/h6-7,10,12,17H,2-5,8H2,1H3,(H,14,15). The van der Waals surface area contributed by atoms with Crippen molar-refractivity contribution in [2.24, 2.45) is 5.92 Å². The topological polar surface area (TPSA) is 88.3 Å². The number of aliphatic hydroxyl groups excluding tert-OH is 1. The predicted molar refractivity (Wildman–Crippen MR) is 72.1 cm³/mol. The first-order chi connectivity index (χ1) is 9.08. The highest BCUT2D eigenvalue weighted by molar-refractivity contribution is 5.48. The van der Waals surface area contributed by atoms with Crippen LogP contribution in [0.4, 0.5) is 11.5 Å². The molecule has 0 radical (unpaired) electrons. The first-order valence-electron chi connectivity index (χ1n) is 6.61. The fraction of sp³-hybridized carbons (Fsp3) is 0.615. The number of rotatable bonds is 5. The maximum atomic E-state index is 10.6. The Kier molecular flexibility index (Phi) is 4.31. The highest BCUT2D eigenvalue weighted by Gasteiger charge is 2.23. The maximum absolute atomic E-state index is 10.6. The Morgan fingerprint density at radius 2 is 2.26 bits per heavy atom. The molecule has 0 aromatic carbocycles. The van der Waals surface area contributed by atoms with Crippen molar-refractivity contribution in [3.63, 3.8) is 0 Å². The summed E-state index contributed by atoms with van der Waals surface area (Å²) >= 11 is 0. The molecule has 19 heavy (non-hydrogen) atoms. The average Bonchev–Trinajstić information content (AvgIpc) is 2.90. The lowest BCUT2D eigenvalue weighted by molar-refractivity contribution is -0.385. The summed E-state index contributed by atoms with van der Waals surface area (Å²) in [6, 6.07) is 1.48. The van der Waals surface area contributed by atoms with E-state index in [1.165, 1.54) is 25.1 Å². The van der Waals surface area contributed by atoms with Crippen LogP contribution < -0.4 is 5.32 Å². The van der Waals surface area contributed by atoms with E-state index in [1.54, 1.807) is 6.92 Å². The van der Waals surface area contributed by atoms with Crippen LogP contribution in [-0.2, 0) is 0 Å². The zero-order valence-corrected chi connectivity index (χ0v) is 11.0. The van der Waals surface area contributed by atoms with Crippen molar-refractivity contribution in [3.8, 4) is 0 Å². The smallest absolute Gasteiger partial charge is 0.287 e. The number of aryl methyl sites for hydroxylation is 1. The molecule has 1 aromatic heterocycles. The summed E-state index contributed by atoms with van der Waals surface area (Å²) in [6.45, 7) is 2.21. The zero-order valence-electron chi connectivity index (χ0n) is 11.0. The van der Waals surface area contributed by atoms with Crippen molar-refractivity contribution in [1.29, 1.82) is 0 Å². The van der Waals surface area contributed by atoms with Gasteiger partial charge >= 0.3 is 0 Å². The third kappa shape index (κ3) is 3.41. The first-order valence-corrected chi connectivity index (χ1v) is 6.61. The van der Waals surface area contributed by atoms with Crippen LogP contribution in [0.5, 0.6) is 0 Å². The van der Waals surface area contributed by atoms with Gasteiger partial charge in [0.05, 0.1) is 11.0 Å². The molecule has 1 unspecified atom stereocenters. The van der Waals surface area contributed by atoms with Gasteiger partial charge < -0.3 is 10.4 Å². The molecule has 1 heterocycles. The lowest BCUT2D eigenvalue weighted by Crippen LogP contribution is -2.27. The molecular weight excluding hydrogens is 246 g/mol. The molecule has 6 heteroatoms. The van der Waals surface area contributed by atoms with E-state index in [2.05, 4.69) is 10.3 Å². The minimum atomic E-state index is -0.461. The third-order valence-corrected chi connectivity index (χ3v) is 3.70. The Bertz CT molecular complexity index is 458. The van der Waals surface area contributed by atoms with E-state index >= 15 is 0 Å². The van der Waals surface area contributed by atoms with E-state index in [0.717, 1.165) is 12.8 Å². The van der Waals surface area contributed by atoms with Crippen LogP contribution in [0.25, 0.3) is 0 Å². The lowest BCUT2D eigenvalue weighted by atomic mass is 10.0. The maximum Gasteiger partial charge on any atom is 0.287 e. The van der Waals surface area contributed by atoms with Gasteiger partial charge in [-0.1, -0.05) is 12.8 Å². The quantitative estimate of drug-likeness (QED) is 0.629. The van der Waals surface area contributed by atoms with Crippen LogP contribution >= 0.6 is 0 Å². The Hall–Kier alpha value is -1.69. The molecule has 1 saturated carbocycles. The van der Waals surface area contributed by atoms with Crippen molar-refractivity contribution in [2.45, 2.75) is 38.7 Å². The Labute approximate surface area is 112 Å². The van der Waals surface area contributed by atoms with Gasteiger partial charge in [0, 0.05) is 12.6 Å². The van der Waals surface area contributed by atoms with E-state index in [1.807, 2.05) is 0 Å². The summed E-state index contributed by atoms with van der Waals surface area (Å²) in [5, 5.41) is 23.7. The van der Waals surface area contributed by atoms with E-state index in [4.69, 9.17) is 0 Å². The van der Waals surface area contributed by atoms with Gasteiger partial charge in [-0.15, -0.1) is 0 Å². The lowest BCUT2D eigenvalue weighted by Gasteiger charge is -2.18. The van der Waals surface area contributed by atoms with Crippen molar-refractivity contribution in [2.75, 3.05) is 11.9 Å². The van der Waals surface area contributed by atoms with Crippen molar-refractivity contribution in [3.05, 3.63) is 27.9 Å². The normalized spacial score (nSPS) is 17.4. The Balaban J connectivity index is 1.93. The first kappa shape index (κ1) is 13.7. The fourth-order valence-corrected chi connectivity index (χ4v) is 2.55. The molecule has 0 spiro atoms. The van der Waals surface area contributed by atoms with Crippen LogP contribution in [0.3, 0.4) is 0 Å². The van der Waals surface area contributed by atoms with Crippen LogP contribution in [-0.4, -0.2) is 27.7 Å². The molecule has 104 valence electrons. The second-order valence-electron chi connectivity index (χ2n) is 5.11. The van der Waals surface area contributed by atoms with E-state index in [-0.39, 0.29) is 11.8 Å². The van der Waals surface area contributed by atoms with Gasteiger partial charge in [0.2, 0.25) is 0 Å². The third-order valence-electron chi connectivity index (χ3n) is 3.70. The zero-order chi connectivity index (χ0) is 13.8. The molecule has 0 saturated heterocycles. The number of hydrogen-bond donors (Lipinski definition) is 2. The van der Waals surface area contributed by atoms with E-state index in [9.17, 15) is 15.2 Å². The monoisotopic (exact) mass is 265 g/mol. The van der Waals surface area contributed by atoms with Gasteiger partial charge in [-0.2, -0.15) is 0 Å². The molecule has 0 aliphatic heterocycles. The van der Waals surface area contributed by atoms with Crippen LogP contribution in [0.1, 0.15) is 31.2 Å². The van der Waals surface area contributed by atoms with Crippen LogP contribution in [0, 0.1) is 23.0 Å². The molecule has 1 aliphatic rings. The number of aromatic nitrogens is 1. The summed E-state index contributed by atoms with van der Waals surface area (Å²) in [6.07, 6.45) is 5.40. The SMILES string of the molecule is Cc1cc([N+](=O)[O-])cnc1NCC(O)C1CCCC1. The van der Waals surface area contributed by atoms with Crippen LogP contribution in [0.2, 0.25) is 0 Å². The molecular formula is C13H19N3O3. The number of nitro groups is 1. The fourth-order valence-electron chi connectivity index (χ4n) is 2.55. The van der Waals surface area contributed by atoms with Gasteiger partial charge in [0.15, 0.2) is 0 Å². The molecule has 0 amide bonds. The minimum Gasteiger partial charge on any atom is -0.391 e. The van der Waals surface area contributed by atoms with Gasteiger partial charge in [0.1, 0.15) is 12.0 Å². The number of hydrogen-bond acceptors (Lipinski definition) is 5. The molecule has 2 rings (SSSR count). The van der Waals surface area contributed by atoms with Gasteiger partial charge in [-0.25, -0.2) is 4.98 Å². The largest absolute Gasteiger partial charge is 0.391 e. The number of anilines is 1. The molecule has 2 N–H and O–H groups in total. The van der Waals surface area contributed by atoms with E-state index in [0.29, 0.717) is 23.8 Å². The average molecular weight is 265 g/mol. The van der Waals surface area contributed by atoms with Crippen molar-refractivity contribution < 1.29 is 10.0 Å².